The van der Waals surface area contributed by atoms with E-state index in [2.05, 4.69) is 219 Å². The molecule has 0 amide bonds. The summed E-state index contributed by atoms with van der Waals surface area (Å²) in [4.78, 5) is 2.45. The van der Waals surface area contributed by atoms with Gasteiger partial charge in [-0.05, 0) is 124 Å². The lowest BCUT2D eigenvalue weighted by Gasteiger charge is -2.29. The van der Waals surface area contributed by atoms with Crippen LogP contribution in [0.1, 0.15) is 25.0 Å². The predicted molar refractivity (Wildman–Crippen MR) is 240 cm³/mol. The van der Waals surface area contributed by atoms with Gasteiger partial charge in [0, 0.05) is 22.4 Å². The van der Waals surface area contributed by atoms with E-state index in [4.69, 9.17) is 0 Å². The maximum Gasteiger partial charge on any atom is 0.0540 e. The highest BCUT2D eigenvalue weighted by molar-refractivity contribution is 6.23. The molecule has 0 atom stereocenters. The molecule has 0 radical (unpaired) electrons. The molecule has 11 rings (SSSR count). The van der Waals surface area contributed by atoms with Gasteiger partial charge in [-0.15, -0.1) is 0 Å². The first-order valence-electron chi connectivity index (χ1n) is 19.6. The lowest BCUT2D eigenvalue weighted by Crippen LogP contribution is -2.15. The van der Waals surface area contributed by atoms with Gasteiger partial charge in [-0.3, -0.25) is 0 Å². The fourth-order valence-corrected chi connectivity index (χ4v) is 9.45. The Morgan fingerprint density at radius 1 is 0.339 bits per heavy atom. The zero-order valence-electron chi connectivity index (χ0n) is 31.5. The van der Waals surface area contributed by atoms with Crippen LogP contribution in [0.5, 0.6) is 0 Å². The van der Waals surface area contributed by atoms with Crippen LogP contribution < -0.4 is 4.90 Å². The highest BCUT2D eigenvalue weighted by Crippen LogP contribution is 2.51. The molecule has 0 heterocycles. The average Bonchev–Trinajstić information content (AvgIpc) is 3.48. The van der Waals surface area contributed by atoms with Gasteiger partial charge in [0.15, 0.2) is 0 Å². The minimum atomic E-state index is -0.0607. The lowest BCUT2D eigenvalue weighted by molar-refractivity contribution is 0.660. The minimum Gasteiger partial charge on any atom is -0.310 e. The van der Waals surface area contributed by atoms with Gasteiger partial charge in [-0.25, -0.2) is 0 Å². The Hall–Kier alpha value is -6.96. The summed E-state index contributed by atoms with van der Waals surface area (Å²) in [5.41, 5.74) is 13.6. The van der Waals surface area contributed by atoms with Crippen molar-refractivity contribution in [1.82, 2.24) is 0 Å². The molecule has 1 aliphatic carbocycles. The Labute approximate surface area is 327 Å². The molecule has 1 heteroatoms. The normalized spacial score (nSPS) is 13.0. The molecule has 1 aliphatic rings. The third kappa shape index (κ3) is 5.01. The van der Waals surface area contributed by atoms with Crippen LogP contribution in [0.15, 0.2) is 200 Å². The fraction of sp³-hybridized carbons (Fsp3) is 0.0545. The molecule has 10 aromatic carbocycles. The number of rotatable bonds is 5. The van der Waals surface area contributed by atoms with Crippen LogP contribution in [0.4, 0.5) is 17.1 Å². The van der Waals surface area contributed by atoms with Crippen LogP contribution in [0, 0.1) is 0 Å². The summed E-state index contributed by atoms with van der Waals surface area (Å²) in [6.45, 7) is 4.70. The molecule has 0 unspecified atom stereocenters. The second-order valence-electron chi connectivity index (χ2n) is 15.7. The quantitative estimate of drug-likeness (QED) is 0.161. The standard InChI is InChI=1S/C55H39N/c1-55(2)51-21-11-9-19-47(51)50-35-43(31-32-52(50)55)56(53-22-12-10-16-44(53)40-25-23-36-13-3-4-15-39(36)33-40)42-29-27-38(28-30-42)49-34-41-26-24-37-14-5-6-17-45(37)54(41)48-20-8-7-18-46(48)49/h3-35H,1-2H3. The maximum absolute atomic E-state index is 2.45. The molecule has 264 valence electrons. The highest BCUT2D eigenvalue weighted by atomic mass is 15.1. The number of anilines is 3. The monoisotopic (exact) mass is 713 g/mol. The van der Waals surface area contributed by atoms with Crippen LogP contribution >= 0.6 is 0 Å². The van der Waals surface area contributed by atoms with E-state index in [1.807, 2.05) is 0 Å². The van der Waals surface area contributed by atoms with Crippen LogP contribution in [-0.2, 0) is 5.41 Å². The number of hydrogen-bond acceptors (Lipinski definition) is 1. The SMILES string of the molecule is CC1(C)c2ccccc2-c2cc(N(c3ccc(-c4cc5ccc6ccccc6c5c5ccccc45)cc3)c3ccccc3-c3ccc4ccccc4c3)ccc21. The average molecular weight is 714 g/mol. The zero-order chi connectivity index (χ0) is 37.4. The Kier molecular flexibility index (Phi) is 7.28. The van der Waals surface area contributed by atoms with Crippen molar-refractivity contribution in [2.24, 2.45) is 0 Å². The first kappa shape index (κ1) is 32.5. The van der Waals surface area contributed by atoms with Crippen molar-refractivity contribution in [3.05, 3.63) is 211 Å². The number of benzene rings is 10. The van der Waals surface area contributed by atoms with Crippen LogP contribution in [0.2, 0.25) is 0 Å². The van der Waals surface area contributed by atoms with Gasteiger partial charge in [-0.2, -0.15) is 0 Å². The van der Waals surface area contributed by atoms with Crippen LogP contribution in [-0.4, -0.2) is 0 Å². The third-order valence-electron chi connectivity index (χ3n) is 12.2. The van der Waals surface area contributed by atoms with Gasteiger partial charge in [0.2, 0.25) is 0 Å². The van der Waals surface area contributed by atoms with Gasteiger partial charge in [0.05, 0.1) is 5.69 Å². The molecule has 0 bridgehead atoms. The number of fused-ring (bicyclic) bond motifs is 9. The summed E-state index contributed by atoms with van der Waals surface area (Å²) in [5, 5.41) is 10.2. The van der Waals surface area contributed by atoms with E-state index >= 15 is 0 Å². The molecule has 1 nitrogen and oxygen atoms in total. The molecule has 0 saturated heterocycles. The Bertz CT molecular complexity index is 3170. The van der Waals surface area contributed by atoms with Crippen LogP contribution in [0.25, 0.3) is 76.5 Å². The zero-order valence-corrected chi connectivity index (χ0v) is 31.5. The van der Waals surface area contributed by atoms with Crippen molar-refractivity contribution < 1.29 is 0 Å². The van der Waals surface area contributed by atoms with Crippen molar-refractivity contribution in [2.45, 2.75) is 19.3 Å². The van der Waals surface area contributed by atoms with Gasteiger partial charge in [-0.1, -0.05) is 172 Å². The predicted octanol–water partition coefficient (Wildman–Crippen LogP) is 15.4. The molecule has 0 aliphatic heterocycles. The van der Waals surface area contributed by atoms with E-state index in [9.17, 15) is 0 Å². The van der Waals surface area contributed by atoms with E-state index in [1.54, 1.807) is 0 Å². The smallest absolute Gasteiger partial charge is 0.0540 e. The van der Waals surface area contributed by atoms with Crippen molar-refractivity contribution >= 4 is 60.2 Å². The van der Waals surface area contributed by atoms with E-state index in [0.29, 0.717) is 0 Å². The van der Waals surface area contributed by atoms with E-state index < -0.39 is 0 Å². The largest absolute Gasteiger partial charge is 0.310 e. The summed E-state index contributed by atoms with van der Waals surface area (Å²) in [6, 6.07) is 74.0. The van der Waals surface area contributed by atoms with Gasteiger partial charge >= 0.3 is 0 Å². The Morgan fingerprint density at radius 2 is 0.929 bits per heavy atom. The van der Waals surface area contributed by atoms with Crippen LogP contribution in [0.3, 0.4) is 0 Å². The first-order chi connectivity index (χ1) is 27.5. The summed E-state index contributed by atoms with van der Waals surface area (Å²) in [6.07, 6.45) is 0. The molecule has 0 aromatic heterocycles. The first-order valence-corrected chi connectivity index (χ1v) is 19.6. The molecule has 0 spiro atoms. The van der Waals surface area contributed by atoms with E-state index in [1.165, 1.54) is 87.6 Å². The van der Waals surface area contributed by atoms with Gasteiger partial charge in [0.1, 0.15) is 0 Å². The van der Waals surface area contributed by atoms with Gasteiger partial charge < -0.3 is 4.90 Å². The second-order valence-corrected chi connectivity index (χ2v) is 15.7. The van der Waals surface area contributed by atoms with Crippen molar-refractivity contribution in [1.29, 1.82) is 0 Å². The Balaban J connectivity index is 1.10. The van der Waals surface area contributed by atoms with Crippen molar-refractivity contribution in [2.75, 3.05) is 4.90 Å². The summed E-state index contributed by atoms with van der Waals surface area (Å²) in [7, 11) is 0. The lowest BCUT2D eigenvalue weighted by atomic mass is 9.82. The molecular formula is C55H39N. The summed E-state index contributed by atoms with van der Waals surface area (Å²) < 4.78 is 0. The molecule has 56 heavy (non-hydrogen) atoms. The van der Waals surface area contributed by atoms with Crippen molar-refractivity contribution in [3.8, 4) is 33.4 Å². The number of para-hydroxylation sites is 1. The topological polar surface area (TPSA) is 3.24 Å². The number of nitrogens with zero attached hydrogens (tertiary/aromatic N) is 1. The Morgan fingerprint density at radius 3 is 1.77 bits per heavy atom. The summed E-state index contributed by atoms with van der Waals surface area (Å²) >= 11 is 0. The maximum atomic E-state index is 2.45. The van der Waals surface area contributed by atoms with Crippen molar-refractivity contribution in [3.63, 3.8) is 0 Å². The molecule has 0 fully saturated rings. The van der Waals surface area contributed by atoms with E-state index in [0.717, 1.165) is 17.1 Å². The second kappa shape index (κ2) is 12.5. The third-order valence-corrected chi connectivity index (χ3v) is 12.2. The molecule has 0 N–H and O–H groups in total. The number of hydrogen-bond donors (Lipinski definition) is 0. The molecular weight excluding hydrogens is 675 g/mol. The minimum absolute atomic E-state index is 0.0607. The summed E-state index contributed by atoms with van der Waals surface area (Å²) in [5.74, 6) is 0. The molecule has 0 saturated carbocycles. The fourth-order valence-electron chi connectivity index (χ4n) is 9.45. The molecule has 10 aromatic rings. The van der Waals surface area contributed by atoms with Gasteiger partial charge in [0.25, 0.3) is 0 Å². The highest BCUT2D eigenvalue weighted by Gasteiger charge is 2.35. The van der Waals surface area contributed by atoms with E-state index in [-0.39, 0.29) is 5.41 Å².